The average Bonchev–Trinajstić information content (AvgIpc) is 2.40. The minimum Gasteiger partial charge on any atom is -0.303 e. The molecule has 1 aromatic carbocycles. The van der Waals surface area contributed by atoms with Crippen LogP contribution >= 0.6 is 0 Å². The third kappa shape index (κ3) is 3.67. The lowest BCUT2D eigenvalue weighted by atomic mass is 10.1. The number of likely N-dealkylation sites (N-methyl/N-ethyl adjacent to an activating group) is 1. The van der Waals surface area contributed by atoms with E-state index in [9.17, 15) is 0 Å². The Balaban J connectivity index is 2.16. The van der Waals surface area contributed by atoms with Crippen LogP contribution in [0, 0.1) is 0 Å². The molecule has 2 aromatic rings. The fraction of sp³-hybridized carbons (Fsp3) is 0.312. The zero-order valence-electron chi connectivity index (χ0n) is 11.2. The first kappa shape index (κ1) is 12.8. The number of rotatable bonds is 5. The average molecular weight is 241 g/mol. The van der Waals surface area contributed by atoms with Gasteiger partial charge in [0.15, 0.2) is 18.4 Å². The van der Waals surface area contributed by atoms with Gasteiger partial charge < -0.3 is 4.90 Å². The van der Waals surface area contributed by atoms with Gasteiger partial charge in [0, 0.05) is 18.6 Å². The molecule has 0 aliphatic heterocycles. The summed E-state index contributed by atoms with van der Waals surface area (Å²) in [5.41, 5.74) is 1.39. The van der Waals surface area contributed by atoms with Crippen LogP contribution in [0.2, 0.25) is 0 Å². The fourth-order valence-electron chi connectivity index (χ4n) is 2.23. The lowest BCUT2D eigenvalue weighted by Gasteiger charge is -2.17. The van der Waals surface area contributed by atoms with Gasteiger partial charge in [0.25, 0.3) is 0 Å². The van der Waals surface area contributed by atoms with Gasteiger partial charge in [0.2, 0.25) is 0 Å². The Morgan fingerprint density at radius 2 is 1.56 bits per heavy atom. The molecule has 1 unspecified atom stereocenters. The third-order valence-electron chi connectivity index (χ3n) is 3.05. The molecule has 0 bridgehead atoms. The summed E-state index contributed by atoms with van der Waals surface area (Å²) in [6.45, 7) is 1.05. The van der Waals surface area contributed by atoms with Crippen LogP contribution in [0.15, 0.2) is 60.9 Å². The summed E-state index contributed by atoms with van der Waals surface area (Å²) in [6, 6.07) is 17.4. The molecule has 0 amide bonds. The van der Waals surface area contributed by atoms with Crippen LogP contribution < -0.4 is 4.57 Å². The van der Waals surface area contributed by atoms with Crippen molar-refractivity contribution in [3.8, 4) is 0 Å². The van der Waals surface area contributed by atoms with Crippen molar-refractivity contribution in [1.82, 2.24) is 4.90 Å². The van der Waals surface area contributed by atoms with Gasteiger partial charge in [-0.05, 0) is 19.7 Å². The van der Waals surface area contributed by atoms with E-state index in [0.29, 0.717) is 6.04 Å². The maximum atomic E-state index is 2.30. The van der Waals surface area contributed by atoms with Crippen molar-refractivity contribution in [2.75, 3.05) is 20.6 Å². The number of nitrogens with zero attached hydrogens (tertiary/aromatic N) is 2. The quantitative estimate of drug-likeness (QED) is 0.729. The molecule has 0 saturated carbocycles. The van der Waals surface area contributed by atoms with E-state index in [0.717, 1.165) is 13.0 Å². The maximum Gasteiger partial charge on any atom is 0.174 e. The van der Waals surface area contributed by atoms with E-state index in [-0.39, 0.29) is 0 Å². The van der Waals surface area contributed by atoms with Crippen molar-refractivity contribution in [2.45, 2.75) is 12.5 Å². The zero-order valence-corrected chi connectivity index (χ0v) is 11.2. The van der Waals surface area contributed by atoms with E-state index in [4.69, 9.17) is 0 Å². The number of benzene rings is 1. The minimum absolute atomic E-state index is 0.476. The molecule has 0 N–H and O–H groups in total. The van der Waals surface area contributed by atoms with E-state index in [1.165, 1.54) is 5.56 Å². The highest BCUT2D eigenvalue weighted by Gasteiger charge is 2.19. The smallest absolute Gasteiger partial charge is 0.174 e. The van der Waals surface area contributed by atoms with Gasteiger partial charge in [0.1, 0.15) is 0 Å². The number of hydrogen-bond donors (Lipinski definition) is 0. The number of aromatic nitrogens is 1. The Morgan fingerprint density at radius 1 is 0.944 bits per heavy atom. The van der Waals surface area contributed by atoms with Gasteiger partial charge in [-0.3, -0.25) is 0 Å². The monoisotopic (exact) mass is 241 g/mol. The summed E-state index contributed by atoms with van der Waals surface area (Å²) < 4.78 is 2.30. The van der Waals surface area contributed by atoms with E-state index < -0.39 is 0 Å². The molecule has 2 rings (SSSR count). The molecule has 1 atom stereocenters. The predicted octanol–water partition coefficient (Wildman–Crippen LogP) is 2.32. The first-order chi connectivity index (χ1) is 8.75. The summed E-state index contributed by atoms with van der Waals surface area (Å²) in [6.07, 6.45) is 5.36. The largest absolute Gasteiger partial charge is 0.303 e. The van der Waals surface area contributed by atoms with Gasteiger partial charge in [0.05, 0.1) is 6.54 Å². The molecule has 0 aliphatic rings. The third-order valence-corrected chi connectivity index (χ3v) is 3.05. The minimum atomic E-state index is 0.476. The van der Waals surface area contributed by atoms with Crippen molar-refractivity contribution in [3.05, 3.63) is 66.5 Å². The molecular weight excluding hydrogens is 220 g/mol. The summed E-state index contributed by atoms with van der Waals surface area (Å²) in [4.78, 5) is 2.24. The van der Waals surface area contributed by atoms with Crippen LogP contribution in [0.1, 0.15) is 11.6 Å². The Bertz CT molecular complexity index is 451. The van der Waals surface area contributed by atoms with Crippen LogP contribution in [-0.4, -0.2) is 25.5 Å². The second-order valence-electron chi connectivity index (χ2n) is 4.93. The van der Waals surface area contributed by atoms with Gasteiger partial charge in [-0.25, -0.2) is 4.57 Å². The highest BCUT2D eigenvalue weighted by Crippen LogP contribution is 2.09. The molecule has 18 heavy (non-hydrogen) atoms. The second-order valence-corrected chi connectivity index (χ2v) is 4.93. The van der Waals surface area contributed by atoms with E-state index in [2.05, 4.69) is 84.5 Å². The van der Waals surface area contributed by atoms with Crippen molar-refractivity contribution in [2.24, 2.45) is 0 Å². The highest BCUT2D eigenvalue weighted by atomic mass is 15.1. The molecule has 0 radical (unpaired) electrons. The molecule has 0 saturated heterocycles. The molecule has 0 fully saturated rings. The number of hydrogen-bond acceptors (Lipinski definition) is 1. The normalized spacial score (nSPS) is 12.6. The van der Waals surface area contributed by atoms with Crippen LogP contribution in [0.25, 0.3) is 0 Å². The van der Waals surface area contributed by atoms with Crippen molar-refractivity contribution in [1.29, 1.82) is 0 Å². The zero-order chi connectivity index (χ0) is 12.8. The van der Waals surface area contributed by atoms with E-state index >= 15 is 0 Å². The number of pyridine rings is 1. The van der Waals surface area contributed by atoms with E-state index in [1.807, 2.05) is 0 Å². The highest BCUT2D eigenvalue weighted by molar-refractivity contribution is 5.15. The molecule has 2 heteroatoms. The topological polar surface area (TPSA) is 7.12 Å². The molecule has 1 heterocycles. The van der Waals surface area contributed by atoms with Crippen LogP contribution in [-0.2, 0) is 6.42 Å². The molecular formula is C16H21N2+. The second kappa shape index (κ2) is 6.31. The first-order valence-electron chi connectivity index (χ1n) is 6.40. The van der Waals surface area contributed by atoms with Gasteiger partial charge >= 0.3 is 0 Å². The van der Waals surface area contributed by atoms with Crippen LogP contribution in [0.5, 0.6) is 0 Å². The summed E-state index contributed by atoms with van der Waals surface area (Å²) in [7, 11) is 4.25. The predicted molar refractivity (Wildman–Crippen MR) is 74.4 cm³/mol. The summed E-state index contributed by atoms with van der Waals surface area (Å²) in [5, 5.41) is 0. The Kier molecular flexibility index (Phi) is 4.48. The molecule has 0 spiro atoms. The van der Waals surface area contributed by atoms with Gasteiger partial charge in [-0.2, -0.15) is 0 Å². The lowest BCUT2D eigenvalue weighted by Crippen LogP contribution is -2.45. The fourth-order valence-corrected chi connectivity index (χ4v) is 2.23. The van der Waals surface area contributed by atoms with Crippen LogP contribution in [0.3, 0.4) is 0 Å². The SMILES string of the molecule is CN(C)CC(Cc1ccccc1)[n+]1ccccc1. The van der Waals surface area contributed by atoms with Crippen LogP contribution in [0.4, 0.5) is 0 Å². The molecule has 1 aromatic heterocycles. The van der Waals surface area contributed by atoms with E-state index in [1.54, 1.807) is 0 Å². The Morgan fingerprint density at radius 3 is 2.17 bits per heavy atom. The molecule has 0 aliphatic carbocycles. The maximum absolute atomic E-state index is 2.30. The molecule has 94 valence electrons. The lowest BCUT2D eigenvalue weighted by molar-refractivity contribution is -0.722. The first-order valence-corrected chi connectivity index (χ1v) is 6.40. The molecule has 2 nitrogen and oxygen atoms in total. The Labute approximate surface area is 110 Å². The standard InChI is InChI=1S/C16H21N2/c1-17(2)14-16(18-11-7-4-8-12-18)13-15-9-5-3-6-10-15/h3-12,16H,13-14H2,1-2H3/q+1. The van der Waals surface area contributed by atoms with Gasteiger partial charge in [-0.15, -0.1) is 0 Å². The van der Waals surface area contributed by atoms with Crippen molar-refractivity contribution < 1.29 is 4.57 Å². The summed E-state index contributed by atoms with van der Waals surface area (Å²) in [5.74, 6) is 0. The van der Waals surface area contributed by atoms with Gasteiger partial charge in [-0.1, -0.05) is 36.4 Å². The van der Waals surface area contributed by atoms with Crippen molar-refractivity contribution >= 4 is 0 Å². The Hall–Kier alpha value is -1.67. The van der Waals surface area contributed by atoms with Crippen molar-refractivity contribution in [3.63, 3.8) is 0 Å². The summed E-state index contributed by atoms with van der Waals surface area (Å²) >= 11 is 0.